The standard InChI is InChI=1S/C16H13F2N3O3S/c17-9-5-6-13(12(18)7-9)20-21-14-8-15(25(22,23)24)10-3-1-2-4-11(10)16(14)19/h1-8,20-21H,19H2,(H,22,23,24). The Bertz CT molecular complexity index is 1070. The molecule has 0 heterocycles. The third kappa shape index (κ3) is 3.32. The molecule has 0 aliphatic heterocycles. The summed E-state index contributed by atoms with van der Waals surface area (Å²) in [5, 5.41) is 0.641. The zero-order chi connectivity index (χ0) is 18.2. The largest absolute Gasteiger partial charge is 0.396 e. The van der Waals surface area contributed by atoms with Crippen molar-refractivity contribution < 1.29 is 21.8 Å². The van der Waals surface area contributed by atoms with E-state index >= 15 is 0 Å². The SMILES string of the molecule is Nc1c(NNc2ccc(F)cc2F)cc(S(=O)(=O)O)c2ccccc12. The van der Waals surface area contributed by atoms with Crippen LogP contribution in [-0.2, 0) is 10.1 Å². The average molecular weight is 365 g/mol. The lowest BCUT2D eigenvalue weighted by Crippen LogP contribution is -2.13. The van der Waals surface area contributed by atoms with Crippen LogP contribution in [0.25, 0.3) is 10.8 Å². The Balaban J connectivity index is 2.06. The van der Waals surface area contributed by atoms with Gasteiger partial charge in [-0.05, 0) is 18.2 Å². The molecule has 0 saturated heterocycles. The molecule has 0 unspecified atom stereocenters. The van der Waals surface area contributed by atoms with Crippen molar-refractivity contribution in [3.63, 3.8) is 0 Å². The maximum absolute atomic E-state index is 13.7. The quantitative estimate of drug-likeness (QED) is 0.321. The Labute approximate surface area is 142 Å². The third-order valence-corrected chi connectivity index (χ3v) is 4.48. The van der Waals surface area contributed by atoms with Gasteiger partial charge >= 0.3 is 0 Å². The van der Waals surface area contributed by atoms with Gasteiger partial charge in [-0.1, -0.05) is 24.3 Å². The van der Waals surface area contributed by atoms with Gasteiger partial charge in [0.1, 0.15) is 10.7 Å². The normalized spacial score (nSPS) is 11.5. The van der Waals surface area contributed by atoms with Crippen molar-refractivity contribution in [2.45, 2.75) is 4.90 Å². The van der Waals surface area contributed by atoms with Crippen LogP contribution in [-0.4, -0.2) is 13.0 Å². The van der Waals surface area contributed by atoms with Gasteiger partial charge < -0.3 is 5.73 Å². The van der Waals surface area contributed by atoms with E-state index in [-0.39, 0.29) is 27.3 Å². The third-order valence-electron chi connectivity index (χ3n) is 3.59. The summed E-state index contributed by atoms with van der Waals surface area (Å²) in [5.41, 5.74) is 11.3. The topological polar surface area (TPSA) is 104 Å². The second-order valence-electron chi connectivity index (χ2n) is 5.23. The van der Waals surface area contributed by atoms with E-state index in [1.54, 1.807) is 18.2 Å². The minimum Gasteiger partial charge on any atom is -0.396 e. The molecule has 0 radical (unpaired) electrons. The van der Waals surface area contributed by atoms with E-state index in [0.717, 1.165) is 12.1 Å². The van der Waals surface area contributed by atoms with E-state index in [4.69, 9.17) is 5.73 Å². The number of rotatable bonds is 4. The van der Waals surface area contributed by atoms with Gasteiger partial charge in [0.2, 0.25) is 0 Å². The van der Waals surface area contributed by atoms with E-state index in [0.29, 0.717) is 11.5 Å². The second-order valence-corrected chi connectivity index (χ2v) is 6.62. The number of halogens is 2. The molecule has 0 bridgehead atoms. The molecule has 25 heavy (non-hydrogen) atoms. The summed E-state index contributed by atoms with van der Waals surface area (Å²) >= 11 is 0. The first-order valence-electron chi connectivity index (χ1n) is 7.03. The highest BCUT2D eigenvalue weighted by atomic mass is 32.2. The number of hydrogen-bond acceptors (Lipinski definition) is 5. The molecule has 0 aliphatic rings. The Kier molecular flexibility index (Phi) is 4.19. The summed E-state index contributed by atoms with van der Waals surface area (Å²) in [7, 11) is -4.51. The first-order valence-corrected chi connectivity index (χ1v) is 8.47. The highest BCUT2D eigenvalue weighted by Gasteiger charge is 2.18. The van der Waals surface area contributed by atoms with Gasteiger partial charge in [-0.2, -0.15) is 8.42 Å². The van der Waals surface area contributed by atoms with Crippen molar-refractivity contribution >= 4 is 38.0 Å². The molecule has 0 aromatic heterocycles. The summed E-state index contributed by atoms with van der Waals surface area (Å²) in [5.74, 6) is -1.58. The number of nitrogens with two attached hydrogens (primary N) is 1. The van der Waals surface area contributed by atoms with E-state index in [9.17, 15) is 21.8 Å². The van der Waals surface area contributed by atoms with E-state index in [1.165, 1.54) is 12.1 Å². The molecule has 3 aromatic rings. The number of fused-ring (bicyclic) bond motifs is 1. The molecular weight excluding hydrogens is 352 g/mol. The van der Waals surface area contributed by atoms with Gasteiger partial charge in [0.25, 0.3) is 10.1 Å². The minimum atomic E-state index is -4.51. The van der Waals surface area contributed by atoms with Crippen LogP contribution < -0.4 is 16.6 Å². The van der Waals surface area contributed by atoms with E-state index in [2.05, 4.69) is 10.9 Å². The molecule has 6 nitrogen and oxygen atoms in total. The van der Waals surface area contributed by atoms with Gasteiger partial charge in [0, 0.05) is 16.8 Å². The fourth-order valence-electron chi connectivity index (χ4n) is 2.41. The summed E-state index contributed by atoms with van der Waals surface area (Å²) in [6.07, 6.45) is 0. The number of benzene rings is 3. The van der Waals surface area contributed by atoms with Crippen molar-refractivity contribution in [3.05, 3.63) is 60.2 Å². The fraction of sp³-hybridized carbons (Fsp3) is 0. The molecule has 3 aromatic carbocycles. The van der Waals surface area contributed by atoms with Crippen LogP contribution in [0.1, 0.15) is 0 Å². The van der Waals surface area contributed by atoms with Gasteiger partial charge in [-0.15, -0.1) is 0 Å². The molecule has 9 heteroatoms. The van der Waals surface area contributed by atoms with Crippen molar-refractivity contribution in [2.75, 3.05) is 16.6 Å². The Morgan fingerprint density at radius 3 is 2.20 bits per heavy atom. The summed E-state index contributed by atoms with van der Waals surface area (Å²) in [6.45, 7) is 0. The van der Waals surface area contributed by atoms with Gasteiger partial charge in [0.15, 0.2) is 5.82 Å². The predicted octanol–water partition coefficient (Wildman–Crippen LogP) is 3.39. The van der Waals surface area contributed by atoms with Crippen molar-refractivity contribution in [1.82, 2.24) is 0 Å². The second kappa shape index (κ2) is 6.19. The van der Waals surface area contributed by atoms with Crippen LogP contribution in [0.3, 0.4) is 0 Å². The zero-order valence-corrected chi connectivity index (χ0v) is 13.4. The maximum atomic E-state index is 13.7. The molecule has 0 aliphatic carbocycles. The van der Waals surface area contributed by atoms with Crippen LogP contribution >= 0.6 is 0 Å². The lowest BCUT2D eigenvalue weighted by Gasteiger charge is -2.16. The average Bonchev–Trinajstić information content (AvgIpc) is 2.54. The molecule has 0 saturated carbocycles. The van der Waals surface area contributed by atoms with E-state index in [1.807, 2.05) is 0 Å². The van der Waals surface area contributed by atoms with E-state index < -0.39 is 21.8 Å². The Morgan fingerprint density at radius 2 is 1.56 bits per heavy atom. The van der Waals surface area contributed by atoms with Crippen molar-refractivity contribution in [2.24, 2.45) is 0 Å². The molecule has 0 atom stereocenters. The molecule has 0 spiro atoms. The lowest BCUT2D eigenvalue weighted by atomic mass is 10.1. The van der Waals surface area contributed by atoms with Crippen LogP contribution in [0, 0.1) is 11.6 Å². The van der Waals surface area contributed by atoms with Gasteiger partial charge in [0.05, 0.1) is 17.1 Å². The zero-order valence-electron chi connectivity index (χ0n) is 12.6. The highest BCUT2D eigenvalue weighted by molar-refractivity contribution is 7.86. The monoisotopic (exact) mass is 365 g/mol. The van der Waals surface area contributed by atoms with Crippen molar-refractivity contribution in [1.29, 1.82) is 0 Å². The maximum Gasteiger partial charge on any atom is 0.295 e. The smallest absolute Gasteiger partial charge is 0.295 e. The van der Waals surface area contributed by atoms with Crippen molar-refractivity contribution in [3.8, 4) is 0 Å². The van der Waals surface area contributed by atoms with Gasteiger partial charge in [-0.3, -0.25) is 15.4 Å². The molecular formula is C16H13F2N3O3S. The van der Waals surface area contributed by atoms with Crippen LogP contribution in [0.15, 0.2) is 53.4 Å². The van der Waals surface area contributed by atoms with Crippen LogP contribution in [0.4, 0.5) is 25.8 Å². The molecule has 130 valence electrons. The number of hydrogen-bond donors (Lipinski definition) is 4. The first kappa shape index (κ1) is 16.9. The lowest BCUT2D eigenvalue weighted by molar-refractivity contribution is 0.484. The Hall–Kier alpha value is -2.91. The highest BCUT2D eigenvalue weighted by Crippen LogP contribution is 2.34. The first-order chi connectivity index (χ1) is 11.8. The summed E-state index contributed by atoms with van der Waals surface area (Å²) in [6, 6.07) is 10.4. The summed E-state index contributed by atoms with van der Waals surface area (Å²) < 4.78 is 59.3. The predicted molar refractivity (Wildman–Crippen MR) is 91.8 cm³/mol. The Morgan fingerprint density at radius 1 is 0.920 bits per heavy atom. The molecule has 3 rings (SSSR count). The number of hydrazine groups is 1. The number of nitrogens with one attached hydrogen (secondary N) is 2. The molecule has 0 fully saturated rings. The van der Waals surface area contributed by atoms with Gasteiger partial charge in [-0.25, -0.2) is 8.78 Å². The molecule has 5 N–H and O–H groups in total. The fourth-order valence-corrected chi connectivity index (χ4v) is 3.13. The molecule has 0 amide bonds. The summed E-state index contributed by atoms with van der Waals surface area (Å²) in [4.78, 5) is -0.346. The van der Waals surface area contributed by atoms with Crippen LogP contribution in [0.2, 0.25) is 0 Å². The minimum absolute atomic E-state index is 0.0673. The number of nitrogen functional groups attached to an aromatic ring is 1. The number of anilines is 3. The van der Waals surface area contributed by atoms with Crippen LogP contribution in [0.5, 0.6) is 0 Å².